The van der Waals surface area contributed by atoms with Gasteiger partial charge in [-0.2, -0.15) is 0 Å². The Balaban J connectivity index is 2.18. The second-order valence-electron chi connectivity index (χ2n) is 4.83. The first-order valence-electron chi connectivity index (χ1n) is 7.02. The Labute approximate surface area is 119 Å². The number of unbranched alkanes of at least 4 members (excludes halogenated alkanes) is 1. The number of rotatable bonds is 6. The molecule has 0 atom stereocenters. The number of carbonyl (C=O) groups is 1. The molecule has 1 aromatic rings. The van der Waals surface area contributed by atoms with Crippen molar-refractivity contribution in [1.82, 2.24) is 0 Å². The lowest BCUT2D eigenvalue weighted by molar-refractivity contribution is -0.118. The molecule has 2 N–H and O–H groups in total. The third-order valence-electron chi connectivity index (χ3n) is 3.37. The van der Waals surface area contributed by atoms with Gasteiger partial charge in [0.15, 0.2) is 0 Å². The molecule has 19 heavy (non-hydrogen) atoms. The van der Waals surface area contributed by atoms with Gasteiger partial charge < -0.3 is 10.6 Å². The first-order valence-corrected chi connectivity index (χ1v) is 8.01. The number of amides is 1. The van der Waals surface area contributed by atoms with Gasteiger partial charge in [-0.3, -0.25) is 4.79 Å². The van der Waals surface area contributed by atoms with Crippen LogP contribution >= 0.6 is 11.8 Å². The smallest absolute Gasteiger partial charge is 0.227 e. The highest BCUT2D eigenvalue weighted by molar-refractivity contribution is 7.99. The largest absolute Gasteiger partial charge is 0.330 e. The molecule has 0 bridgehead atoms. The van der Waals surface area contributed by atoms with Crippen molar-refractivity contribution in [3.05, 3.63) is 23.8 Å². The lowest BCUT2D eigenvalue weighted by atomic mass is 10.0. The maximum atomic E-state index is 12.0. The highest BCUT2D eigenvalue weighted by Gasteiger charge is 2.23. The summed E-state index contributed by atoms with van der Waals surface area (Å²) in [4.78, 5) is 15.2. The molecule has 2 rings (SSSR count). The molecule has 1 aliphatic rings. The Morgan fingerprint density at radius 1 is 1.37 bits per heavy atom. The number of carbonyl (C=O) groups excluding carboxylic acids is 1. The Morgan fingerprint density at radius 2 is 2.21 bits per heavy atom. The van der Waals surface area contributed by atoms with Gasteiger partial charge >= 0.3 is 0 Å². The topological polar surface area (TPSA) is 46.3 Å². The van der Waals surface area contributed by atoms with Crippen LogP contribution in [0, 0.1) is 0 Å². The summed E-state index contributed by atoms with van der Waals surface area (Å²) in [5.41, 5.74) is 7.95. The van der Waals surface area contributed by atoms with Crippen molar-refractivity contribution < 1.29 is 4.79 Å². The van der Waals surface area contributed by atoms with Crippen LogP contribution in [0.3, 0.4) is 0 Å². The van der Waals surface area contributed by atoms with Gasteiger partial charge in [-0.25, -0.2) is 0 Å². The number of fused-ring (bicyclic) bond motifs is 1. The van der Waals surface area contributed by atoms with Crippen LogP contribution in [0.5, 0.6) is 0 Å². The second-order valence-corrected chi connectivity index (χ2v) is 5.99. The molecule has 0 saturated carbocycles. The zero-order valence-electron chi connectivity index (χ0n) is 11.5. The molecule has 1 aliphatic heterocycles. The quantitative estimate of drug-likeness (QED) is 0.814. The Bertz CT molecular complexity index is 448. The molecule has 0 spiro atoms. The number of nitrogens with zero attached hydrogens (tertiary/aromatic N) is 1. The Hall–Kier alpha value is -1.00. The molecule has 1 heterocycles. The molecule has 3 nitrogen and oxygen atoms in total. The average Bonchev–Trinajstić information content (AvgIpc) is 2.44. The van der Waals surface area contributed by atoms with E-state index in [4.69, 9.17) is 5.73 Å². The number of anilines is 1. The van der Waals surface area contributed by atoms with E-state index in [2.05, 4.69) is 25.1 Å². The van der Waals surface area contributed by atoms with Crippen molar-refractivity contribution in [3.8, 4) is 0 Å². The summed E-state index contributed by atoms with van der Waals surface area (Å²) in [6.45, 7) is 3.70. The second kappa shape index (κ2) is 6.96. The molecule has 0 radical (unpaired) electrons. The van der Waals surface area contributed by atoms with Gasteiger partial charge in [0, 0.05) is 35.8 Å². The lowest BCUT2D eigenvalue weighted by Crippen LogP contribution is -2.35. The van der Waals surface area contributed by atoms with Gasteiger partial charge in [0.1, 0.15) is 0 Å². The third kappa shape index (κ3) is 3.51. The summed E-state index contributed by atoms with van der Waals surface area (Å²) >= 11 is 1.78. The summed E-state index contributed by atoms with van der Waals surface area (Å²) in [6.07, 6.45) is 3.69. The maximum absolute atomic E-state index is 12.0. The summed E-state index contributed by atoms with van der Waals surface area (Å²) in [5.74, 6) is 1.21. The standard InChI is InChI=1S/C15H22N2OS/c1-2-3-9-17-14-6-5-13(19-10-8-16)11-12(14)4-7-15(17)18/h5-6,11H,2-4,7-10,16H2,1H3. The van der Waals surface area contributed by atoms with Gasteiger partial charge in [0.25, 0.3) is 0 Å². The van der Waals surface area contributed by atoms with Gasteiger partial charge in [0.05, 0.1) is 0 Å². The minimum atomic E-state index is 0.267. The van der Waals surface area contributed by atoms with Crippen molar-refractivity contribution in [1.29, 1.82) is 0 Å². The van der Waals surface area contributed by atoms with Crippen LogP contribution in [0.15, 0.2) is 23.1 Å². The van der Waals surface area contributed by atoms with Crippen LogP contribution in [-0.4, -0.2) is 24.7 Å². The Morgan fingerprint density at radius 3 is 2.95 bits per heavy atom. The first-order chi connectivity index (χ1) is 9.26. The van der Waals surface area contributed by atoms with E-state index in [-0.39, 0.29) is 5.91 Å². The fourth-order valence-electron chi connectivity index (χ4n) is 2.36. The van der Waals surface area contributed by atoms with Crippen LogP contribution in [-0.2, 0) is 11.2 Å². The van der Waals surface area contributed by atoms with Crippen molar-refractivity contribution in [2.45, 2.75) is 37.5 Å². The SMILES string of the molecule is CCCCN1C(=O)CCc2cc(SCCN)ccc21. The van der Waals surface area contributed by atoms with Crippen molar-refractivity contribution in [2.24, 2.45) is 5.73 Å². The molecular formula is C15H22N2OS. The van der Waals surface area contributed by atoms with Crippen molar-refractivity contribution in [3.63, 3.8) is 0 Å². The van der Waals surface area contributed by atoms with E-state index in [1.54, 1.807) is 11.8 Å². The zero-order valence-corrected chi connectivity index (χ0v) is 12.3. The lowest BCUT2D eigenvalue weighted by Gasteiger charge is -2.29. The summed E-state index contributed by atoms with van der Waals surface area (Å²) in [7, 11) is 0. The minimum Gasteiger partial charge on any atom is -0.330 e. The van der Waals surface area contributed by atoms with E-state index in [1.807, 2.05) is 4.90 Å². The van der Waals surface area contributed by atoms with E-state index in [0.29, 0.717) is 13.0 Å². The number of benzene rings is 1. The van der Waals surface area contributed by atoms with Crippen LogP contribution < -0.4 is 10.6 Å². The molecule has 0 aromatic heterocycles. The molecule has 0 unspecified atom stereocenters. The normalized spacial score (nSPS) is 14.6. The molecule has 0 fully saturated rings. The van der Waals surface area contributed by atoms with Gasteiger partial charge in [-0.15, -0.1) is 11.8 Å². The minimum absolute atomic E-state index is 0.267. The van der Waals surface area contributed by atoms with E-state index in [0.717, 1.165) is 37.2 Å². The van der Waals surface area contributed by atoms with Crippen LogP contribution in [0.25, 0.3) is 0 Å². The number of aryl methyl sites for hydroxylation is 1. The number of nitrogens with two attached hydrogens (primary N) is 1. The summed E-state index contributed by atoms with van der Waals surface area (Å²) in [5, 5.41) is 0. The van der Waals surface area contributed by atoms with Gasteiger partial charge in [-0.1, -0.05) is 13.3 Å². The van der Waals surface area contributed by atoms with E-state index >= 15 is 0 Å². The van der Waals surface area contributed by atoms with Crippen LogP contribution in [0.2, 0.25) is 0 Å². The predicted octanol–water partition coefficient (Wildman–Crippen LogP) is 2.82. The van der Waals surface area contributed by atoms with E-state index in [1.165, 1.54) is 10.5 Å². The fraction of sp³-hybridized carbons (Fsp3) is 0.533. The van der Waals surface area contributed by atoms with Gasteiger partial charge in [-0.05, 0) is 36.6 Å². The number of thioether (sulfide) groups is 1. The molecule has 1 aromatic carbocycles. The van der Waals surface area contributed by atoms with Crippen LogP contribution in [0.4, 0.5) is 5.69 Å². The fourth-order valence-corrected chi connectivity index (χ4v) is 3.11. The molecule has 4 heteroatoms. The van der Waals surface area contributed by atoms with Gasteiger partial charge in [0.2, 0.25) is 5.91 Å². The van der Waals surface area contributed by atoms with E-state index < -0.39 is 0 Å². The molecule has 1 amide bonds. The van der Waals surface area contributed by atoms with E-state index in [9.17, 15) is 4.79 Å². The van der Waals surface area contributed by atoms with Crippen LogP contribution in [0.1, 0.15) is 31.7 Å². The molecule has 0 saturated heterocycles. The average molecular weight is 278 g/mol. The zero-order chi connectivity index (χ0) is 13.7. The summed E-state index contributed by atoms with van der Waals surface area (Å²) in [6, 6.07) is 6.43. The first kappa shape index (κ1) is 14.4. The Kier molecular flexibility index (Phi) is 5.28. The maximum Gasteiger partial charge on any atom is 0.227 e. The van der Waals surface area contributed by atoms with Crippen molar-refractivity contribution in [2.75, 3.05) is 23.7 Å². The predicted molar refractivity (Wildman–Crippen MR) is 81.8 cm³/mol. The highest BCUT2D eigenvalue weighted by Crippen LogP contribution is 2.31. The molecular weight excluding hydrogens is 256 g/mol. The molecule has 0 aliphatic carbocycles. The van der Waals surface area contributed by atoms with Crippen molar-refractivity contribution >= 4 is 23.4 Å². The number of hydrogen-bond acceptors (Lipinski definition) is 3. The summed E-state index contributed by atoms with van der Waals surface area (Å²) < 4.78 is 0. The number of hydrogen-bond donors (Lipinski definition) is 1. The third-order valence-corrected chi connectivity index (χ3v) is 4.40. The highest BCUT2D eigenvalue weighted by atomic mass is 32.2. The molecule has 104 valence electrons. The monoisotopic (exact) mass is 278 g/mol.